The number of nitrogens with two attached hydrogens (primary N) is 1. The topological polar surface area (TPSA) is 102 Å². The highest BCUT2D eigenvalue weighted by atomic mass is 19.1. The predicted octanol–water partition coefficient (Wildman–Crippen LogP) is 4.14. The van der Waals surface area contributed by atoms with Crippen LogP contribution in [0.25, 0.3) is 22.5 Å². The minimum atomic E-state index is -0.683. The number of nitrogen functional groups attached to an aromatic ring is 1. The lowest BCUT2D eigenvalue weighted by Crippen LogP contribution is -2.31. The van der Waals surface area contributed by atoms with Gasteiger partial charge in [-0.15, -0.1) is 0 Å². The van der Waals surface area contributed by atoms with Crippen molar-refractivity contribution in [3.8, 4) is 22.5 Å². The van der Waals surface area contributed by atoms with E-state index < -0.39 is 5.95 Å². The van der Waals surface area contributed by atoms with Crippen molar-refractivity contribution in [2.45, 2.75) is 44.1 Å². The quantitative estimate of drug-likeness (QED) is 0.511. The van der Waals surface area contributed by atoms with Crippen LogP contribution in [0.15, 0.2) is 36.4 Å². The van der Waals surface area contributed by atoms with Gasteiger partial charge in [-0.25, -0.2) is 4.98 Å². The molecule has 1 aromatic heterocycles. The van der Waals surface area contributed by atoms with E-state index in [9.17, 15) is 4.79 Å². The van der Waals surface area contributed by atoms with Crippen LogP contribution >= 0.6 is 0 Å². The minimum absolute atomic E-state index is 0.0352. The molecule has 186 valence electrons. The molecule has 3 aromatic rings. The lowest BCUT2D eigenvalue weighted by Gasteiger charge is -2.27. The van der Waals surface area contributed by atoms with Crippen molar-refractivity contribution in [1.82, 2.24) is 20.6 Å². The SMILES string of the molecule is Nc1nc(F)c(-c2ccc(C3CCOCC3)c(C3CCCN3)c2)nc1-c1ccc2c(c1)CCNC2=O. The van der Waals surface area contributed by atoms with Gasteiger partial charge in [0.1, 0.15) is 11.4 Å². The highest BCUT2D eigenvalue weighted by Gasteiger charge is 2.26. The number of nitrogens with zero attached hydrogens (tertiary/aromatic N) is 2. The molecule has 3 aliphatic heterocycles. The first-order valence-corrected chi connectivity index (χ1v) is 12.8. The summed E-state index contributed by atoms with van der Waals surface area (Å²) in [6, 6.07) is 11.9. The van der Waals surface area contributed by atoms with Crippen LogP contribution in [0.3, 0.4) is 0 Å². The van der Waals surface area contributed by atoms with Crippen molar-refractivity contribution >= 4 is 11.7 Å². The molecule has 1 unspecified atom stereocenters. The van der Waals surface area contributed by atoms with Gasteiger partial charge in [-0.1, -0.05) is 18.2 Å². The Kier molecular flexibility index (Phi) is 6.15. The van der Waals surface area contributed by atoms with Crippen molar-refractivity contribution in [1.29, 1.82) is 0 Å². The third kappa shape index (κ3) is 4.24. The zero-order valence-corrected chi connectivity index (χ0v) is 20.1. The van der Waals surface area contributed by atoms with E-state index in [4.69, 9.17) is 10.5 Å². The van der Waals surface area contributed by atoms with Crippen LogP contribution in [-0.4, -0.2) is 42.2 Å². The van der Waals surface area contributed by atoms with Crippen molar-refractivity contribution < 1.29 is 13.9 Å². The van der Waals surface area contributed by atoms with E-state index in [1.807, 2.05) is 12.1 Å². The van der Waals surface area contributed by atoms with Gasteiger partial charge in [-0.05, 0) is 79.5 Å². The summed E-state index contributed by atoms with van der Waals surface area (Å²) in [4.78, 5) is 20.9. The maximum atomic E-state index is 15.2. The van der Waals surface area contributed by atoms with E-state index in [-0.39, 0.29) is 23.5 Å². The summed E-state index contributed by atoms with van der Waals surface area (Å²) >= 11 is 0. The van der Waals surface area contributed by atoms with Crippen LogP contribution in [-0.2, 0) is 11.2 Å². The number of amides is 1. The van der Waals surface area contributed by atoms with Gasteiger partial charge in [0.2, 0.25) is 5.95 Å². The van der Waals surface area contributed by atoms with Crippen LogP contribution < -0.4 is 16.4 Å². The van der Waals surface area contributed by atoms with Crippen LogP contribution in [0.5, 0.6) is 0 Å². The summed E-state index contributed by atoms with van der Waals surface area (Å²) in [5, 5.41) is 6.46. The molecule has 2 aromatic carbocycles. The first-order chi connectivity index (χ1) is 17.6. The van der Waals surface area contributed by atoms with Crippen LogP contribution in [0.2, 0.25) is 0 Å². The Morgan fingerprint density at radius 2 is 1.75 bits per heavy atom. The number of carbonyl (C=O) groups is 1. The van der Waals surface area contributed by atoms with Crippen molar-refractivity contribution in [2.24, 2.45) is 0 Å². The second-order valence-electron chi connectivity index (χ2n) is 9.85. The van der Waals surface area contributed by atoms with Crippen LogP contribution in [0.4, 0.5) is 10.2 Å². The highest BCUT2D eigenvalue weighted by Crippen LogP contribution is 2.38. The van der Waals surface area contributed by atoms with Gasteiger partial charge in [0.05, 0.1) is 0 Å². The molecular formula is C28H30FN5O2. The molecule has 3 aliphatic rings. The van der Waals surface area contributed by atoms with Crippen molar-refractivity contribution in [3.63, 3.8) is 0 Å². The number of hydrogen-bond donors (Lipinski definition) is 3. The van der Waals surface area contributed by atoms with Gasteiger partial charge in [-0.2, -0.15) is 9.37 Å². The molecule has 4 N–H and O–H groups in total. The second kappa shape index (κ2) is 9.59. The third-order valence-electron chi connectivity index (χ3n) is 7.64. The Labute approximate surface area is 209 Å². The smallest absolute Gasteiger partial charge is 0.251 e. The summed E-state index contributed by atoms with van der Waals surface area (Å²) in [6.45, 7) is 3.11. The number of anilines is 1. The maximum absolute atomic E-state index is 15.2. The van der Waals surface area contributed by atoms with Gasteiger partial charge in [0, 0.05) is 42.5 Å². The number of aromatic nitrogens is 2. The molecule has 0 spiro atoms. The average Bonchev–Trinajstić information content (AvgIpc) is 3.44. The molecule has 2 saturated heterocycles. The summed E-state index contributed by atoms with van der Waals surface area (Å²) in [7, 11) is 0. The first kappa shape index (κ1) is 23.1. The van der Waals surface area contributed by atoms with E-state index in [2.05, 4.69) is 32.7 Å². The molecule has 0 bridgehead atoms. The second-order valence-corrected chi connectivity index (χ2v) is 9.85. The van der Waals surface area contributed by atoms with E-state index >= 15 is 4.39 Å². The molecule has 0 aliphatic carbocycles. The van der Waals surface area contributed by atoms with Gasteiger partial charge in [0.15, 0.2) is 5.82 Å². The molecule has 36 heavy (non-hydrogen) atoms. The molecule has 7 nitrogen and oxygen atoms in total. The molecule has 1 atom stereocenters. The summed E-state index contributed by atoms with van der Waals surface area (Å²) in [5.41, 5.74) is 12.3. The zero-order valence-electron chi connectivity index (χ0n) is 20.1. The normalized spacial score (nSPS) is 20.2. The van der Waals surface area contributed by atoms with E-state index in [0.29, 0.717) is 29.3 Å². The Balaban J connectivity index is 1.42. The number of hydrogen-bond acceptors (Lipinski definition) is 6. The lowest BCUT2D eigenvalue weighted by atomic mass is 9.84. The number of fused-ring (bicyclic) bond motifs is 1. The van der Waals surface area contributed by atoms with E-state index in [0.717, 1.165) is 63.0 Å². The molecule has 2 fully saturated rings. The monoisotopic (exact) mass is 487 g/mol. The number of benzene rings is 2. The van der Waals surface area contributed by atoms with Gasteiger partial charge in [0.25, 0.3) is 5.91 Å². The van der Waals surface area contributed by atoms with Gasteiger partial charge < -0.3 is 21.1 Å². The van der Waals surface area contributed by atoms with Crippen molar-refractivity contribution in [2.75, 3.05) is 32.0 Å². The first-order valence-electron chi connectivity index (χ1n) is 12.8. The predicted molar refractivity (Wildman–Crippen MR) is 136 cm³/mol. The number of halogens is 1. The molecule has 8 heteroatoms. The Morgan fingerprint density at radius 3 is 2.56 bits per heavy atom. The number of ether oxygens (including phenoxy) is 1. The largest absolute Gasteiger partial charge is 0.382 e. The van der Waals surface area contributed by atoms with Crippen LogP contribution in [0.1, 0.15) is 64.7 Å². The summed E-state index contributed by atoms with van der Waals surface area (Å²) in [6.07, 6.45) is 4.90. The lowest BCUT2D eigenvalue weighted by molar-refractivity contribution is 0.0850. The van der Waals surface area contributed by atoms with Gasteiger partial charge >= 0.3 is 0 Å². The Bertz CT molecular complexity index is 1320. The third-order valence-corrected chi connectivity index (χ3v) is 7.64. The molecule has 4 heterocycles. The fraction of sp³-hybridized carbons (Fsp3) is 0.393. The van der Waals surface area contributed by atoms with Crippen LogP contribution in [0, 0.1) is 5.95 Å². The van der Waals surface area contributed by atoms with Crippen molar-refractivity contribution in [3.05, 3.63) is 64.6 Å². The zero-order chi connectivity index (χ0) is 24.6. The maximum Gasteiger partial charge on any atom is 0.251 e. The standard InChI is InChI=1S/C28H30FN5O2/c29-26-24(33-25(27(30)34-26)18-4-6-21-17(14-18)7-11-32-28(21)35)19-3-5-20(16-8-12-36-13-9-16)22(15-19)23-2-1-10-31-23/h3-6,14-16,23,31H,1-2,7-13H2,(H2,30,34)(H,32,35). The molecular weight excluding hydrogens is 457 g/mol. The fourth-order valence-electron chi connectivity index (χ4n) is 5.75. The molecule has 0 saturated carbocycles. The number of nitrogens with one attached hydrogen (secondary N) is 2. The summed E-state index contributed by atoms with van der Waals surface area (Å²) in [5.74, 6) is -0.291. The molecule has 0 radical (unpaired) electrons. The van der Waals surface area contributed by atoms with E-state index in [1.54, 1.807) is 12.1 Å². The summed E-state index contributed by atoms with van der Waals surface area (Å²) < 4.78 is 20.8. The fourth-order valence-corrected chi connectivity index (χ4v) is 5.75. The average molecular weight is 488 g/mol. The van der Waals surface area contributed by atoms with Gasteiger partial charge in [-0.3, -0.25) is 4.79 Å². The Hall–Kier alpha value is -3.36. The Morgan fingerprint density at radius 1 is 0.944 bits per heavy atom. The molecule has 6 rings (SSSR count). The van der Waals surface area contributed by atoms with E-state index in [1.165, 1.54) is 11.1 Å². The number of carbonyl (C=O) groups excluding carboxylic acids is 1. The highest BCUT2D eigenvalue weighted by molar-refractivity contribution is 5.97. The number of rotatable bonds is 4. The molecule has 1 amide bonds. The minimum Gasteiger partial charge on any atom is -0.382 e.